The number of halogens is 1. The van der Waals surface area contributed by atoms with Crippen LogP contribution in [0, 0.1) is 0 Å². The Morgan fingerprint density at radius 3 is 2.36 bits per heavy atom. The second-order valence-corrected chi connectivity index (χ2v) is 7.54. The fourth-order valence-corrected chi connectivity index (χ4v) is 3.81. The van der Waals surface area contributed by atoms with E-state index in [1.807, 2.05) is 60.7 Å². The standard InChI is InChI=1S/C23H18ClN3S/c24-20-13-7-12-19(17-20)22-25-26-23(27(22)21-14-5-2-6-15-21)28-16-8-11-18-9-3-1-4-10-18/h1-15,17H,16H2. The zero-order valence-electron chi connectivity index (χ0n) is 15.1. The van der Waals surface area contributed by atoms with Crippen LogP contribution in [0.15, 0.2) is 96.2 Å². The number of hydrogen-bond donors (Lipinski definition) is 0. The predicted octanol–water partition coefficient (Wildman–Crippen LogP) is 6.39. The van der Waals surface area contributed by atoms with Crippen LogP contribution in [-0.2, 0) is 0 Å². The summed E-state index contributed by atoms with van der Waals surface area (Å²) in [5.74, 6) is 1.58. The molecule has 4 rings (SSSR count). The van der Waals surface area contributed by atoms with Crippen LogP contribution in [0.4, 0.5) is 0 Å². The fourth-order valence-electron chi connectivity index (χ4n) is 2.86. The molecule has 0 saturated heterocycles. The number of benzene rings is 3. The van der Waals surface area contributed by atoms with Gasteiger partial charge in [-0.25, -0.2) is 0 Å². The summed E-state index contributed by atoms with van der Waals surface area (Å²) in [5, 5.41) is 10.4. The fraction of sp³-hybridized carbons (Fsp3) is 0.0435. The first kappa shape index (κ1) is 18.5. The van der Waals surface area contributed by atoms with Crippen molar-refractivity contribution in [2.24, 2.45) is 0 Å². The Morgan fingerprint density at radius 2 is 1.61 bits per heavy atom. The van der Waals surface area contributed by atoms with E-state index in [0.717, 1.165) is 28.0 Å². The van der Waals surface area contributed by atoms with Gasteiger partial charge >= 0.3 is 0 Å². The summed E-state index contributed by atoms with van der Waals surface area (Å²) in [4.78, 5) is 0. The molecule has 0 aliphatic carbocycles. The molecule has 4 aromatic rings. The number of rotatable bonds is 6. The van der Waals surface area contributed by atoms with Crippen LogP contribution in [0.5, 0.6) is 0 Å². The quantitative estimate of drug-likeness (QED) is 0.349. The lowest BCUT2D eigenvalue weighted by Gasteiger charge is -2.10. The van der Waals surface area contributed by atoms with Crippen LogP contribution >= 0.6 is 23.4 Å². The van der Waals surface area contributed by atoms with Gasteiger partial charge < -0.3 is 0 Å². The van der Waals surface area contributed by atoms with Gasteiger partial charge in [-0.3, -0.25) is 4.57 Å². The minimum Gasteiger partial charge on any atom is -0.270 e. The third-order valence-corrected chi connectivity index (χ3v) is 5.27. The third kappa shape index (κ3) is 4.35. The van der Waals surface area contributed by atoms with E-state index in [-0.39, 0.29) is 0 Å². The Morgan fingerprint density at radius 1 is 0.857 bits per heavy atom. The van der Waals surface area contributed by atoms with E-state index in [4.69, 9.17) is 11.6 Å². The molecule has 0 saturated carbocycles. The van der Waals surface area contributed by atoms with E-state index >= 15 is 0 Å². The highest BCUT2D eigenvalue weighted by molar-refractivity contribution is 7.99. The highest BCUT2D eigenvalue weighted by Gasteiger charge is 2.15. The Hall–Kier alpha value is -2.82. The molecule has 28 heavy (non-hydrogen) atoms. The molecule has 0 spiro atoms. The summed E-state index contributed by atoms with van der Waals surface area (Å²) >= 11 is 7.84. The van der Waals surface area contributed by atoms with Gasteiger partial charge in [-0.15, -0.1) is 10.2 Å². The molecule has 0 amide bonds. The summed E-state index contributed by atoms with van der Waals surface area (Å²) in [7, 11) is 0. The molecule has 5 heteroatoms. The van der Waals surface area contributed by atoms with Crippen molar-refractivity contribution in [3.05, 3.63) is 102 Å². The van der Waals surface area contributed by atoms with Gasteiger partial charge in [0.25, 0.3) is 0 Å². The minimum atomic E-state index is 0.681. The second-order valence-electron chi connectivity index (χ2n) is 6.11. The van der Waals surface area contributed by atoms with Crippen molar-refractivity contribution in [2.75, 3.05) is 5.75 Å². The molecule has 0 fully saturated rings. The first-order chi connectivity index (χ1) is 13.8. The molecule has 0 bridgehead atoms. The van der Waals surface area contributed by atoms with E-state index in [1.54, 1.807) is 11.8 Å². The lowest BCUT2D eigenvalue weighted by atomic mass is 10.2. The van der Waals surface area contributed by atoms with Crippen molar-refractivity contribution in [2.45, 2.75) is 5.16 Å². The minimum absolute atomic E-state index is 0.681. The maximum atomic E-state index is 6.19. The molecule has 0 unspecified atom stereocenters. The number of para-hydroxylation sites is 1. The van der Waals surface area contributed by atoms with Gasteiger partial charge in [0.1, 0.15) is 0 Å². The van der Waals surface area contributed by atoms with Gasteiger partial charge in [0, 0.05) is 22.0 Å². The Kier molecular flexibility index (Phi) is 5.90. The first-order valence-electron chi connectivity index (χ1n) is 8.92. The Bertz CT molecular complexity index is 1080. The van der Waals surface area contributed by atoms with Gasteiger partial charge in [0.15, 0.2) is 11.0 Å². The van der Waals surface area contributed by atoms with Crippen LogP contribution in [0.3, 0.4) is 0 Å². The zero-order valence-corrected chi connectivity index (χ0v) is 16.6. The van der Waals surface area contributed by atoms with Crippen LogP contribution in [-0.4, -0.2) is 20.5 Å². The van der Waals surface area contributed by atoms with E-state index in [2.05, 4.69) is 51.2 Å². The molecular weight excluding hydrogens is 386 g/mol. The second kappa shape index (κ2) is 8.91. The number of nitrogens with zero attached hydrogens (tertiary/aromatic N) is 3. The summed E-state index contributed by atoms with van der Waals surface area (Å²) in [6.45, 7) is 0. The third-order valence-electron chi connectivity index (χ3n) is 4.15. The molecule has 3 aromatic carbocycles. The van der Waals surface area contributed by atoms with Gasteiger partial charge in [0.05, 0.1) is 0 Å². The molecule has 138 valence electrons. The number of hydrogen-bond acceptors (Lipinski definition) is 3. The van der Waals surface area contributed by atoms with Gasteiger partial charge in [0.2, 0.25) is 0 Å². The summed E-state index contributed by atoms with van der Waals surface area (Å²) < 4.78 is 2.08. The molecule has 0 N–H and O–H groups in total. The van der Waals surface area contributed by atoms with Gasteiger partial charge in [-0.2, -0.15) is 0 Å². The highest BCUT2D eigenvalue weighted by Crippen LogP contribution is 2.29. The lowest BCUT2D eigenvalue weighted by molar-refractivity contribution is 0.888. The maximum absolute atomic E-state index is 6.19. The SMILES string of the molecule is Clc1cccc(-c2nnc(SCC=Cc3ccccc3)n2-c2ccccc2)c1. The molecule has 0 radical (unpaired) electrons. The van der Waals surface area contributed by atoms with Crippen LogP contribution in [0.1, 0.15) is 5.56 Å². The summed E-state index contributed by atoms with van der Waals surface area (Å²) in [6.07, 6.45) is 4.26. The normalized spacial score (nSPS) is 11.2. The van der Waals surface area contributed by atoms with Crippen molar-refractivity contribution in [1.82, 2.24) is 14.8 Å². The average Bonchev–Trinajstić information content (AvgIpc) is 3.16. The van der Waals surface area contributed by atoms with Gasteiger partial charge in [-0.1, -0.05) is 96.2 Å². The summed E-state index contributed by atoms with van der Waals surface area (Å²) in [6, 6.07) is 28.1. The molecule has 1 aromatic heterocycles. The van der Waals surface area contributed by atoms with Crippen molar-refractivity contribution in [1.29, 1.82) is 0 Å². The predicted molar refractivity (Wildman–Crippen MR) is 118 cm³/mol. The van der Waals surface area contributed by atoms with Gasteiger partial charge in [-0.05, 0) is 29.8 Å². The molecule has 0 aliphatic rings. The van der Waals surface area contributed by atoms with Crippen molar-refractivity contribution < 1.29 is 0 Å². The molecule has 3 nitrogen and oxygen atoms in total. The monoisotopic (exact) mass is 403 g/mol. The molecular formula is C23H18ClN3S. The number of aromatic nitrogens is 3. The van der Waals surface area contributed by atoms with E-state index < -0.39 is 0 Å². The van der Waals surface area contributed by atoms with E-state index in [1.165, 1.54) is 5.56 Å². The topological polar surface area (TPSA) is 30.7 Å². The van der Waals surface area contributed by atoms with Crippen LogP contribution < -0.4 is 0 Å². The summed E-state index contributed by atoms with van der Waals surface area (Å²) in [5.41, 5.74) is 3.15. The van der Waals surface area contributed by atoms with Crippen LogP contribution in [0.25, 0.3) is 23.2 Å². The first-order valence-corrected chi connectivity index (χ1v) is 10.3. The maximum Gasteiger partial charge on any atom is 0.196 e. The average molecular weight is 404 g/mol. The smallest absolute Gasteiger partial charge is 0.196 e. The van der Waals surface area contributed by atoms with Crippen molar-refractivity contribution in [3.8, 4) is 17.1 Å². The van der Waals surface area contributed by atoms with Crippen molar-refractivity contribution >= 4 is 29.4 Å². The Balaban J connectivity index is 1.63. The Labute approximate surface area is 173 Å². The van der Waals surface area contributed by atoms with E-state index in [0.29, 0.717) is 5.02 Å². The highest BCUT2D eigenvalue weighted by atomic mass is 35.5. The largest absolute Gasteiger partial charge is 0.270 e. The molecule has 0 atom stereocenters. The molecule has 0 aliphatic heterocycles. The molecule has 1 heterocycles. The number of thioether (sulfide) groups is 1. The lowest BCUT2D eigenvalue weighted by Crippen LogP contribution is -1.99. The van der Waals surface area contributed by atoms with Crippen molar-refractivity contribution in [3.63, 3.8) is 0 Å². The van der Waals surface area contributed by atoms with Crippen LogP contribution in [0.2, 0.25) is 5.02 Å². The van der Waals surface area contributed by atoms with E-state index in [9.17, 15) is 0 Å². The zero-order chi connectivity index (χ0) is 19.2.